The van der Waals surface area contributed by atoms with E-state index in [4.69, 9.17) is 19.6 Å². The van der Waals surface area contributed by atoms with Crippen molar-refractivity contribution in [2.24, 2.45) is 0 Å². The maximum atomic E-state index is 10.6. The van der Waals surface area contributed by atoms with Crippen LogP contribution in [0.1, 0.15) is 21.8 Å². The Balaban J connectivity index is 2.10. The van der Waals surface area contributed by atoms with Crippen molar-refractivity contribution >= 4 is 21.9 Å². The van der Waals surface area contributed by atoms with E-state index in [0.717, 1.165) is 4.47 Å². The first-order chi connectivity index (χ1) is 9.10. The lowest BCUT2D eigenvalue weighted by Crippen LogP contribution is -1.97. The minimum Gasteiger partial charge on any atom is -0.484 e. The van der Waals surface area contributed by atoms with Crippen LogP contribution in [0.25, 0.3) is 0 Å². The summed E-state index contributed by atoms with van der Waals surface area (Å²) in [5.74, 6) is -0.514. The molecule has 1 N–H and O–H groups in total. The maximum Gasteiger partial charge on any atom is 0.358 e. The second-order valence-electron chi connectivity index (χ2n) is 3.52. The Morgan fingerprint density at radius 2 is 2.32 bits per heavy atom. The molecule has 0 aliphatic rings. The molecule has 0 aliphatic carbocycles. The number of nitriles is 1. The van der Waals surface area contributed by atoms with Crippen molar-refractivity contribution < 1.29 is 19.2 Å². The normalized spacial score (nSPS) is 9.89. The average molecular weight is 323 g/mol. The van der Waals surface area contributed by atoms with Crippen molar-refractivity contribution in [3.63, 3.8) is 0 Å². The lowest BCUT2D eigenvalue weighted by Gasteiger charge is -2.05. The fourth-order valence-electron chi connectivity index (χ4n) is 1.35. The monoisotopic (exact) mass is 322 g/mol. The molecule has 6 nitrogen and oxygen atoms in total. The first kappa shape index (κ1) is 13.1. The van der Waals surface area contributed by atoms with Gasteiger partial charge < -0.3 is 14.4 Å². The summed E-state index contributed by atoms with van der Waals surface area (Å²) in [7, 11) is 0. The molecule has 0 spiro atoms. The van der Waals surface area contributed by atoms with E-state index in [1.165, 1.54) is 6.07 Å². The summed E-state index contributed by atoms with van der Waals surface area (Å²) >= 11 is 3.25. The SMILES string of the molecule is N#Cc1cc(Br)ccc1OCc1cc(C(=O)O)no1. The third kappa shape index (κ3) is 3.11. The molecular weight excluding hydrogens is 316 g/mol. The van der Waals surface area contributed by atoms with Gasteiger partial charge in [0.25, 0.3) is 0 Å². The van der Waals surface area contributed by atoms with E-state index >= 15 is 0 Å². The van der Waals surface area contributed by atoms with Crippen molar-refractivity contribution in [3.05, 3.63) is 45.8 Å². The molecule has 1 aromatic carbocycles. The van der Waals surface area contributed by atoms with E-state index in [1.807, 2.05) is 6.07 Å². The summed E-state index contributed by atoms with van der Waals surface area (Å²) in [6, 6.07) is 8.27. The minimum atomic E-state index is -1.17. The number of rotatable bonds is 4. The average Bonchev–Trinajstić information content (AvgIpc) is 2.86. The Kier molecular flexibility index (Phi) is 3.82. The first-order valence-electron chi connectivity index (χ1n) is 5.11. The maximum absolute atomic E-state index is 10.6. The summed E-state index contributed by atoms with van der Waals surface area (Å²) in [5, 5.41) is 21.0. The van der Waals surface area contributed by atoms with E-state index in [0.29, 0.717) is 11.3 Å². The number of aromatic nitrogens is 1. The number of benzene rings is 1. The van der Waals surface area contributed by atoms with Gasteiger partial charge in [0.15, 0.2) is 11.5 Å². The summed E-state index contributed by atoms with van der Waals surface area (Å²) < 4.78 is 11.0. The summed E-state index contributed by atoms with van der Waals surface area (Å²) in [4.78, 5) is 10.6. The van der Waals surface area contributed by atoms with Crippen molar-refractivity contribution in [1.29, 1.82) is 5.26 Å². The number of ether oxygens (including phenoxy) is 1. The zero-order valence-corrected chi connectivity index (χ0v) is 11.0. The van der Waals surface area contributed by atoms with Gasteiger partial charge in [-0.3, -0.25) is 0 Å². The van der Waals surface area contributed by atoms with Gasteiger partial charge in [-0.25, -0.2) is 4.79 Å². The predicted molar refractivity (Wildman–Crippen MR) is 66.7 cm³/mol. The lowest BCUT2D eigenvalue weighted by atomic mass is 10.2. The van der Waals surface area contributed by atoms with E-state index in [-0.39, 0.29) is 18.1 Å². The molecule has 7 heteroatoms. The summed E-state index contributed by atoms with van der Waals surface area (Å²) in [6.45, 7) is -0.00338. The number of hydrogen-bond acceptors (Lipinski definition) is 5. The van der Waals surface area contributed by atoms with E-state index in [2.05, 4.69) is 21.1 Å². The van der Waals surface area contributed by atoms with Crippen molar-refractivity contribution in [3.8, 4) is 11.8 Å². The van der Waals surface area contributed by atoms with Crippen LogP contribution in [0, 0.1) is 11.3 Å². The van der Waals surface area contributed by atoms with E-state index in [9.17, 15) is 4.79 Å². The first-order valence-corrected chi connectivity index (χ1v) is 5.91. The van der Waals surface area contributed by atoms with Gasteiger partial charge in [-0.1, -0.05) is 21.1 Å². The van der Waals surface area contributed by atoms with Gasteiger partial charge in [-0.15, -0.1) is 0 Å². The third-order valence-corrected chi connectivity index (χ3v) is 2.70. The molecule has 2 aromatic rings. The van der Waals surface area contributed by atoms with Crippen LogP contribution in [0.5, 0.6) is 5.75 Å². The number of carbonyl (C=O) groups is 1. The second-order valence-corrected chi connectivity index (χ2v) is 4.44. The molecule has 19 heavy (non-hydrogen) atoms. The highest BCUT2D eigenvalue weighted by Gasteiger charge is 2.12. The highest BCUT2D eigenvalue weighted by molar-refractivity contribution is 9.10. The van der Waals surface area contributed by atoms with Crippen molar-refractivity contribution in [1.82, 2.24) is 5.16 Å². The molecule has 0 unspecified atom stereocenters. The smallest absolute Gasteiger partial charge is 0.358 e. The largest absolute Gasteiger partial charge is 0.484 e. The zero-order chi connectivity index (χ0) is 13.8. The standard InChI is InChI=1S/C12H7BrN2O4/c13-8-1-2-11(7(3-8)5-14)18-6-9-4-10(12(16)17)15-19-9/h1-4H,6H2,(H,16,17). The highest BCUT2D eigenvalue weighted by Crippen LogP contribution is 2.23. The van der Waals surface area contributed by atoms with Crippen molar-refractivity contribution in [2.45, 2.75) is 6.61 Å². The summed E-state index contributed by atoms with van der Waals surface area (Å²) in [5.41, 5.74) is 0.183. The molecule has 1 heterocycles. The fraction of sp³-hybridized carbons (Fsp3) is 0.0833. The van der Waals surface area contributed by atoms with Gasteiger partial charge >= 0.3 is 5.97 Å². The van der Waals surface area contributed by atoms with Crippen LogP contribution in [0.15, 0.2) is 33.3 Å². The molecule has 96 valence electrons. The molecule has 0 aliphatic heterocycles. The number of halogens is 1. The van der Waals surface area contributed by atoms with Crippen LogP contribution in [0.3, 0.4) is 0 Å². The van der Waals surface area contributed by atoms with Crippen LogP contribution in [0.4, 0.5) is 0 Å². The molecule has 0 radical (unpaired) electrons. The molecular formula is C12H7BrN2O4. The Morgan fingerprint density at radius 3 is 2.95 bits per heavy atom. The van der Waals surface area contributed by atoms with Gasteiger partial charge in [-0.2, -0.15) is 5.26 Å². The van der Waals surface area contributed by atoms with Gasteiger partial charge in [-0.05, 0) is 18.2 Å². The predicted octanol–water partition coefficient (Wildman–Crippen LogP) is 2.59. The molecule has 2 rings (SSSR count). The van der Waals surface area contributed by atoms with Crippen LogP contribution < -0.4 is 4.74 Å². The molecule has 0 amide bonds. The van der Waals surface area contributed by atoms with Gasteiger partial charge in [0.2, 0.25) is 0 Å². The second kappa shape index (κ2) is 5.54. The fourth-order valence-corrected chi connectivity index (χ4v) is 1.71. The number of carboxylic acids is 1. The number of nitrogens with zero attached hydrogens (tertiary/aromatic N) is 2. The summed E-state index contributed by atoms with van der Waals surface area (Å²) in [6.07, 6.45) is 0. The topological polar surface area (TPSA) is 96.3 Å². The van der Waals surface area contributed by atoms with Gasteiger partial charge in [0, 0.05) is 10.5 Å². The minimum absolute atomic E-state index is 0.00338. The number of carboxylic acid groups (broad SMARTS) is 1. The van der Waals surface area contributed by atoms with Crippen LogP contribution in [0.2, 0.25) is 0 Å². The Morgan fingerprint density at radius 1 is 1.53 bits per heavy atom. The highest BCUT2D eigenvalue weighted by atomic mass is 79.9. The molecule has 0 saturated carbocycles. The van der Waals surface area contributed by atoms with Crippen LogP contribution in [-0.2, 0) is 6.61 Å². The Hall–Kier alpha value is -2.33. The van der Waals surface area contributed by atoms with E-state index < -0.39 is 5.97 Å². The number of aromatic carboxylic acids is 1. The molecule has 0 atom stereocenters. The van der Waals surface area contributed by atoms with Crippen LogP contribution >= 0.6 is 15.9 Å². The van der Waals surface area contributed by atoms with E-state index in [1.54, 1.807) is 18.2 Å². The third-order valence-electron chi connectivity index (χ3n) is 2.21. The van der Waals surface area contributed by atoms with Crippen LogP contribution in [-0.4, -0.2) is 16.2 Å². The molecule has 0 saturated heterocycles. The molecule has 0 bridgehead atoms. The quantitative estimate of drug-likeness (QED) is 0.929. The molecule has 0 fully saturated rings. The Bertz CT molecular complexity index is 660. The van der Waals surface area contributed by atoms with Crippen molar-refractivity contribution in [2.75, 3.05) is 0 Å². The number of hydrogen-bond donors (Lipinski definition) is 1. The van der Waals surface area contributed by atoms with Gasteiger partial charge in [0.1, 0.15) is 18.4 Å². The molecule has 1 aromatic heterocycles. The Labute approximate surface area is 116 Å². The zero-order valence-electron chi connectivity index (χ0n) is 9.46. The lowest BCUT2D eigenvalue weighted by molar-refractivity contribution is 0.0685. The van der Waals surface area contributed by atoms with Gasteiger partial charge in [0.05, 0.1) is 5.56 Å².